The van der Waals surface area contributed by atoms with Crippen molar-refractivity contribution < 1.29 is 23.8 Å². The van der Waals surface area contributed by atoms with E-state index in [0.717, 1.165) is 24.3 Å². The molecule has 1 fully saturated rings. The standard InChI is InChI=1S/C24H24N2O5/c1-2-30-24(28)21-22(27)20(31-23(21)25-18-6-4-3-5-7-18)16-17-8-10-19(11-9-17)26-12-14-29-15-13-26/h3-11,16,25H,2,12-15H2,1H3/b20-16-. The molecule has 0 saturated carbocycles. The Morgan fingerprint density at radius 2 is 1.81 bits per heavy atom. The molecule has 2 aliphatic rings. The number of benzene rings is 2. The van der Waals surface area contributed by atoms with E-state index in [1.807, 2.05) is 54.6 Å². The topological polar surface area (TPSA) is 77.1 Å². The van der Waals surface area contributed by atoms with Crippen molar-refractivity contribution in [3.05, 3.63) is 77.4 Å². The lowest BCUT2D eigenvalue weighted by Gasteiger charge is -2.28. The maximum absolute atomic E-state index is 12.9. The summed E-state index contributed by atoms with van der Waals surface area (Å²) in [6, 6.07) is 17.0. The van der Waals surface area contributed by atoms with Crippen LogP contribution in [0.3, 0.4) is 0 Å². The molecule has 160 valence electrons. The molecular formula is C24H24N2O5. The average molecular weight is 420 g/mol. The molecule has 0 bridgehead atoms. The number of Topliss-reactive ketones (excluding diaryl/α,β-unsaturated/α-hetero) is 1. The van der Waals surface area contributed by atoms with Crippen molar-refractivity contribution in [3.63, 3.8) is 0 Å². The van der Waals surface area contributed by atoms with E-state index in [1.165, 1.54) is 0 Å². The molecule has 2 aromatic carbocycles. The Hall–Kier alpha value is -3.58. The number of nitrogens with one attached hydrogen (secondary N) is 1. The van der Waals surface area contributed by atoms with Gasteiger partial charge in [0.25, 0.3) is 0 Å². The predicted molar refractivity (Wildman–Crippen MR) is 117 cm³/mol. The van der Waals surface area contributed by atoms with Crippen LogP contribution in [0.15, 0.2) is 71.8 Å². The van der Waals surface area contributed by atoms with E-state index in [9.17, 15) is 9.59 Å². The number of carbonyl (C=O) groups excluding carboxylic acids is 2. The third kappa shape index (κ3) is 4.78. The minimum atomic E-state index is -0.711. The highest BCUT2D eigenvalue weighted by molar-refractivity contribution is 6.26. The van der Waals surface area contributed by atoms with Crippen LogP contribution in [0.25, 0.3) is 6.08 Å². The zero-order valence-electron chi connectivity index (χ0n) is 17.3. The average Bonchev–Trinajstić information content (AvgIpc) is 3.10. The molecule has 2 aliphatic heterocycles. The molecule has 0 aromatic heterocycles. The highest BCUT2D eigenvalue weighted by Crippen LogP contribution is 2.29. The number of morpholine rings is 1. The fourth-order valence-electron chi connectivity index (χ4n) is 3.41. The second-order valence-electron chi connectivity index (χ2n) is 7.05. The van der Waals surface area contributed by atoms with Gasteiger partial charge < -0.3 is 24.4 Å². The van der Waals surface area contributed by atoms with Crippen molar-refractivity contribution in [3.8, 4) is 0 Å². The first-order chi connectivity index (χ1) is 15.2. The summed E-state index contributed by atoms with van der Waals surface area (Å²) in [5.41, 5.74) is 2.45. The molecule has 0 unspecified atom stereocenters. The summed E-state index contributed by atoms with van der Waals surface area (Å²) in [6.45, 7) is 4.99. The van der Waals surface area contributed by atoms with E-state index < -0.39 is 11.8 Å². The fourth-order valence-corrected chi connectivity index (χ4v) is 3.41. The highest BCUT2D eigenvalue weighted by Gasteiger charge is 2.37. The second kappa shape index (κ2) is 9.49. The SMILES string of the molecule is CCOC(=O)C1=C(Nc2ccccc2)O/C(=C\c2ccc(N3CCOCC3)cc2)C1=O. The van der Waals surface area contributed by atoms with Crippen molar-refractivity contribution in [2.24, 2.45) is 0 Å². The lowest BCUT2D eigenvalue weighted by Crippen LogP contribution is -2.36. The Balaban J connectivity index is 1.56. The third-order valence-electron chi connectivity index (χ3n) is 4.97. The van der Waals surface area contributed by atoms with Gasteiger partial charge in [0.2, 0.25) is 11.7 Å². The van der Waals surface area contributed by atoms with E-state index in [0.29, 0.717) is 18.9 Å². The van der Waals surface area contributed by atoms with E-state index >= 15 is 0 Å². The molecule has 0 radical (unpaired) electrons. The number of hydrogen-bond donors (Lipinski definition) is 1. The molecular weight excluding hydrogens is 396 g/mol. The number of esters is 1. The quantitative estimate of drug-likeness (QED) is 0.436. The molecule has 2 heterocycles. The van der Waals surface area contributed by atoms with Crippen molar-refractivity contribution in [2.45, 2.75) is 6.92 Å². The van der Waals surface area contributed by atoms with Gasteiger partial charge in [-0.2, -0.15) is 0 Å². The highest BCUT2D eigenvalue weighted by atomic mass is 16.5. The normalized spacial score (nSPS) is 17.6. The molecule has 0 amide bonds. The smallest absolute Gasteiger partial charge is 0.347 e. The molecule has 1 N–H and O–H groups in total. The summed E-state index contributed by atoms with van der Waals surface area (Å²) < 4.78 is 16.2. The van der Waals surface area contributed by atoms with Gasteiger partial charge in [-0.05, 0) is 42.8 Å². The van der Waals surface area contributed by atoms with Crippen LogP contribution in [-0.4, -0.2) is 44.7 Å². The van der Waals surface area contributed by atoms with Gasteiger partial charge >= 0.3 is 5.97 Å². The van der Waals surface area contributed by atoms with Crippen LogP contribution in [0.2, 0.25) is 0 Å². The lowest BCUT2D eigenvalue weighted by atomic mass is 10.1. The number of carbonyl (C=O) groups is 2. The van der Waals surface area contributed by atoms with Crippen LogP contribution < -0.4 is 10.2 Å². The van der Waals surface area contributed by atoms with E-state index in [2.05, 4.69) is 10.2 Å². The van der Waals surface area contributed by atoms with Crippen molar-refractivity contribution >= 4 is 29.2 Å². The molecule has 0 atom stereocenters. The summed E-state index contributed by atoms with van der Waals surface area (Å²) >= 11 is 0. The summed E-state index contributed by atoms with van der Waals surface area (Å²) in [6.07, 6.45) is 1.63. The van der Waals surface area contributed by atoms with Crippen molar-refractivity contribution in [2.75, 3.05) is 43.1 Å². The number of anilines is 2. The molecule has 7 nitrogen and oxygen atoms in total. The maximum atomic E-state index is 12.9. The van der Waals surface area contributed by atoms with Crippen molar-refractivity contribution in [1.29, 1.82) is 0 Å². The molecule has 31 heavy (non-hydrogen) atoms. The minimum Gasteiger partial charge on any atom is -0.462 e. The molecule has 0 spiro atoms. The van der Waals surface area contributed by atoms with E-state index in [-0.39, 0.29) is 23.8 Å². The third-order valence-corrected chi connectivity index (χ3v) is 4.97. The summed E-state index contributed by atoms with van der Waals surface area (Å²) in [4.78, 5) is 27.6. The molecule has 7 heteroatoms. The van der Waals surface area contributed by atoms with Crippen LogP contribution >= 0.6 is 0 Å². The van der Waals surface area contributed by atoms with Crippen molar-refractivity contribution in [1.82, 2.24) is 0 Å². The lowest BCUT2D eigenvalue weighted by molar-refractivity contribution is -0.139. The number of rotatable bonds is 6. The Morgan fingerprint density at radius 1 is 1.10 bits per heavy atom. The van der Waals surface area contributed by atoms with Gasteiger partial charge in [0.05, 0.1) is 19.8 Å². The van der Waals surface area contributed by atoms with Crippen LogP contribution in [0.5, 0.6) is 0 Å². The Kier molecular flexibility index (Phi) is 6.33. The predicted octanol–water partition coefficient (Wildman–Crippen LogP) is 3.35. The fraction of sp³-hybridized carbons (Fsp3) is 0.250. The molecule has 2 aromatic rings. The Bertz CT molecular complexity index is 1010. The number of nitrogens with zero attached hydrogens (tertiary/aromatic N) is 1. The van der Waals surface area contributed by atoms with Gasteiger partial charge in [0.1, 0.15) is 0 Å². The van der Waals surface area contributed by atoms with Crippen LogP contribution in [0.1, 0.15) is 12.5 Å². The Labute approximate surface area is 180 Å². The van der Waals surface area contributed by atoms with Gasteiger partial charge in [0, 0.05) is 24.5 Å². The van der Waals surface area contributed by atoms with Crippen LogP contribution in [0.4, 0.5) is 11.4 Å². The first kappa shape index (κ1) is 20.7. The minimum absolute atomic E-state index is 0.0700. The van der Waals surface area contributed by atoms with E-state index in [1.54, 1.807) is 13.0 Å². The van der Waals surface area contributed by atoms with E-state index in [4.69, 9.17) is 14.2 Å². The zero-order chi connectivity index (χ0) is 21.6. The van der Waals surface area contributed by atoms with Gasteiger partial charge in [-0.3, -0.25) is 4.79 Å². The summed E-state index contributed by atoms with van der Waals surface area (Å²) in [5.74, 6) is -1.07. The van der Waals surface area contributed by atoms with Gasteiger partial charge in [-0.25, -0.2) is 4.79 Å². The van der Waals surface area contributed by atoms with Gasteiger partial charge in [-0.1, -0.05) is 30.3 Å². The number of para-hydroxylation sites is 1. The number of ketones is 1. The largest absolute Gasteiger partial charge is 0.462 e. The number of ether oxygens (including phenoxy) is 3. The van der Waals surface area contributed by atoms with Crippen LogP contribution in [-0.2, 0) is 23.8 Å². The summed E-state index contributed by atoms with van der Waals surface area (Å²) in [5, 5.41) is 3.00. The molecule has 0 aliphatic carbocycles. The monoisotopic (exact) mass is 420 g/mol. The van der Waals surface area contributed by atoms with Gasteiger partial charge in [-0.15, -0.1) is 0 Å². The van der Waals surface area contributed by atoms with Crippen LogP contribution in [0, 0.1) is 0 Å². The second-order valence-corrected chi connectivity index (χ2v) is 7.05. The first-order valence-electron chi connectivity index (χ1n) is 10.3. The number of hydrogen-bond acceptors (Lipinski definition) is 7. The molecule has 1 saturated heterocycles. The Morgan fingerprint density at radius 3 is 2.48 bits per heavy atom. The maximum Gasteiger partial charge on any atom is 0.347 e. The molecule has 4 rings (SSSR count). The first-order valence-corrected chi connectivity index (χ1v) is 10.3. The van der Waals surface area contributed by atoms with Gasteiger partial charge in [0.15, 0.2) is 11.3 Å². The number of allylic oxidation sites excluding steroid dienone is 1. The summed E-state index contributed by atoms with van der Waals surface area (Å²) in [7, 11) is 0. The zero-order valence-corrected chi connectivity index (χ0v) is 17.3.